The summed E-state index contributed by atoms with van der Waals surface area (Å²) in [6.07, 6.45) is 1.14. The molecule has 0 saturated heterocycles. The van der Waals surface area contributed by atoms with Gasteiger partial charge >= 0.3 is 0 Å². The molecular formula is C16H24N4O3S. The van der Waals surface area contributed by atoms with Gasteiger partial charge in [0.25, 0.3) is 0 Å². The first-order valence-electron chi connectivity index (χ1n) is 7.84. The van der Waals surface area contributed by atoms with E-state index < -0.39 is 10.0 Å². The topological polar surface area (TPSA) is 95.7 Å². The number of fused-ring (bicyclic) bond motifs is 1. The van der Waals surface area contributed by atoms with Gasteiger partial charge in [-0.2, -0.15) is 0 Å². The van der Waals surface area contributed by atoms with Crippen molar-refractivity contribution < 1.29 is 12.8 Å². The molecule has 132 valence electrons. The Morgan fingerprint density at radius 2 is 1.96 bits per heavy atom. The highest BCUT2D eigenvalue weighted by atomic mass is 32.2. The summed E-state index contributed by atoms with van der Waals surface area (Å²) < 4.78 is 30.3. The number of nitrogens with one attached hydrogen (secondary N) is 3. The molecule has 0 amide bonds. The van der Waals surface area contributed by atoms with E-state index in [2.05, 4.69) is 20.3 Å². The molecule has 0 aliphatic heterocycles. The van der Waals surface area contributed by atoms with Crippen molar-refractivity contribution in [3.05, 3.63) is 35.6 Å². The minimum absolute atomic E-state index is 0.299. The fourth-order valence-corrected chi connectivity index (χ4v) is 2.76. The zero-order valence-corrected chi connectivity index (χ0v) is 15.0. The van der Waals surface area contributed by atoms with Crippen LogP contribution >= 0.6 is 0 Å². The van der Waals surface area contributed by atoms with E-state index in [-0.39, 0.29) is 0 Å². The van der Waals surface area contributed by atoms with Gasteiger partial charge in [0.15, 0.2) is 5.96 Å². The summed E-state index contributed by atoms with van der Waals surface area (Å²) in [5, 5.41) is 7.31. The third-order valence-electron chi connectivity index (χ3n) is 3.45. The molecule has 24 heavy (non-hydrogen) atoms. The van der Waals surface area contributed by atoms with Crippen LogP contribution < -0.4 is 15.4 Å². The highest BCUT2D eigenvalue weighted by Crippen LogP contribution is 2.25. The summed E-state index contributed by atoms with van der Waals surface area (Å²) in [5.41, 5.74) is 1.94. The number of nitrogens with zero attached hydrogens (tertiary/aromatic N) is 1. The van der Waals surface area contributed by atoms with E-state index in [9.17, 15) is 8.42 Å². The fourth-order valence-electron chi connectivity index (χ4n) is 2.29. The summed E-state index contributed by atoms with van der Waals surface area (Å²) in [6, 6.07) is 7.90. The van der Waals surface area contributed by atoms with Crippen molar-refractivity contribution in [1.29, 1.82) is 0 Å². The number of rotatable bonds is 7. The number of benzene rings is 1. The number of furan rings is 1. The summed E-state index contributed by atoms with van der Waals surface area (Å²) in [4.78, 5) is 4.50. The van der Waals surface area contributed by atoms with Crippen LogP contribution in [0.3, 0.4) is 0 Å². The SMILES string of the molecule is CCNC(=NCc1oc2ccccc2c1C)NCCNS(C)(=O)=O. The number of hydrogen-bond donors (Lipinski definition) is 3. The Kier molecular flexibility index (Phi) is 6.22. The maximum atomic E-state index is 11.0. The average molecular weight is 352 g/mol. The van der Waals surface area contributed by atoms with Gasteiger partial charge in [0.05, 0.1) is 6.26 Å². The molecule has 7 nitrogen and oxygen atoms in total. The summed E-state index contributed by atoms with van der Waals surface area (Å²) >= 11 is 0. The zero-order valence-electron chi connectivity index (χ0n) is 14.2. The van der Waals surface area contributed by atoms with E-state index in [1.165, 1.54) is 0 Å². The fraction of sp³-hybridized carbons (Fsp3) is 0.438. The highest BCUT2D eigenvalue weighted by Gasteiger charge is 2.09. The Morgan fingerprint density at radius 1 is 1.21 bits per heavy atom. The number of guanidine groups is 1. The van der Waals surface area contributed by atoms with Crippen molar-refractivity contribution in [1.82, 2.24) is 15.4 Å². The van der Waals surface area contributed by atoms with E-state index in [4.69, 9.17) is 4.42 Å². The van der Waals surface area contributed by atoms with E-state index in [0.717, 1.165) is 28.5 Å². The molecule has 2 rings (SSSR count). The van der Waals surface area contributed by atoms with Gasteiger partial charge in [0, 0.05) is 30.6 Å². The second-order valence-corrected chi connectivity index (χ2v) is 7.27. The lowest BCUT2D eigenvalue weighted by Gasteiger charge is -2.11. The zero-order chi connectivity index (χ0) is 17.6. The molecule has 0 unspecified atom stereocenters. The lowest BCUT2D eigenvalue weighted by atomic mass is 10.1. The van der Waals surface area contributed by atoms with Crippen molar-refractivity contribution >= 4 is 27.0 Å². The Hall–Kier alpha value is -2.06. The van der Waals surface area contributed by atoms with E-state index in [0.29, 0.717) is 32.1 Å². The van der Waals surface area contributed by atoms with Gasteiger partial charge in [0.2, 0.25) is 10.0 Å². The second kappa shape index (κ2) is 8.16. The van der Waals surface area contributed by atoms with E-state index in [1.807, 2.05) is 38.1 Å². The molecule has 8 heteroatoms. The molecule has 0 spiro atoms. The highest BCUT2D eigenvalue weighted by molar-refractivity contribution is 7.88. The van der Waals surface area contributed by atoms with Crippen molar-refractivity contribution in [3.8, 4) is 0 Å². The standard InChI is InChI=1S/C16H24N4O3S/c1-4-17-16(18-9-10-20-24(3,21)22)19-11-15-12(2)13-7-5-6-8-14(13)23-15/h5-8,20H,4,9-11H2,1-3H3,(H2,17,18,19). The maximum Gasteiger partial charge on any atom is 0.208 e. The van der Waals surface area contributed by atoms with Crippen molar-refractivity contribution in [3.63, 3.8) is 0 Å². The normalized spacial score (nSPS) is 12.5. The van der Waals surface area contributed by atoms with Crippen LogP contribution in [0.5, 0.6) is 0 Å². The quantitative estimate of drug-likeness (QED) is 0.397. The largest absolute Gasteiger partial charge is 0.459 e. The molecular weight excluding hydrogens is 328 g/mol. The minimum Gasteiger partial charge on any atom is -0.459 e. The first kappa shape index (κ1) is 18.3. The second-order valence-electron chi connectivity index (χ2n) is 5.43. The molecule has 0 atom stereocenters. The van der Waals surface area contributed by atoms with Gasteiger partial charge in [0.1, 0.15) is 17.9 Å². The summed E-state index contributed by atoms with van der Waals surface area (Å²) in [5.74, 6) is 1.44. The Balaban J connectivity index is 2.00. The van der Waals surface area contributed by atoms with Gasteiger partial charge < -0.3 is 15.1 Å². The van der Waals surface area contributed by atoms with Crippen LogP contribution in [0, 0.1) is 6.92 Å². The van der Waals surface area contributed by atoms with Crippen LogP contribution in [-0.2, 0) is 16.6 Å². The van der Waals surface area contributed by atoms with Crippen LogP contribution in [0.2, 0.25) is 0 Å². The van der Waals surface area contributed by atoms with Crippen molar-refractivity contribution in [2.24, 2.45) is 4.99 Å². The van der Waals surface area contributed by atoms with Gasteiger partial charge in [-0.1, -0.05) is 18.2 Å². The number of aryl methyl sites for hydroxylation is 1. The van der Waals surface area contributed by atoms with Crippen molar-refractivity contribution in [2.75, 3.05) is 25.9 Å². The third kappa shape index (κ3) is 5.24. The number of para-hydroxylation sites is 1. The molecule has 0 fully saturated rings. The predicted octanol–water partition coefficient (Wildman–Crippen LogP) is 1.35. The Bertz CT molecular complexity index is 812. The van der Waals surface area contributed by atoms with Crippen LogP contribution in [0.15, 0.2) is 33.7 Å². The molecule has 2 aromatic rings. The first-order valence-corrected chi connectivity index (χ1v) is 9.73. The molecule has 1 heterocycles. The monoisotopic (exact) mass is 352 g/mol. The molecule has 0 aliphatic rings. The average Bonchev–Trinajstić information content (AvgIpc) is 2.85. The van der Waals surface area contributed by atoms with E-state index >= 15 is 0 Å². The molecule has 0 saturated carbocycles. The smallest absolute Gasteiger partial charge is 0.208 e. The number of hydrogen-bond acceptors (Lipinski definition) is 4. The molecule has 1 aromatic carbocycles. The Labute approximate surface area is 142 Å². The Morgan fingerprint density at radius 3 is 2.62 bits per heavy atom. The predicted molar refractivity (Wildman–Crippen MR) is 96.6 cm³/mol. The number of aliphatic imine (C=N–C) groups is 1. The lowest BCUT2D eigenvalue weighted by molar-refractivity contribution is 0.548. The van der Waals surface area contributed by atoms with Gasteiger partial charge in [-0.3, -0.25) is 0 Å². The van der Waals surface area contributed by atoms with Crippen molar-refractivity contribution in [2.45, 2.75) is 20.4 Å². The summed E-state index contributed by atoms with van der Waals surface area (Å²) in [6.45, 7) is 5.86. The summed E-state index contributed by atoms with van der Waals surface area (Å²) in [7, 11) is -3.18. The third-order valence-corrected chi connectivity index (χ3v) is 4.18. The minimum atomic E-state index is -3.18. The van der Waals surface area contributed by atoms with Gasteiger partial charge in [-0.25, -0.2) is 18.1 Å². The molecule has 0 aliphatic carbocycles. The molecule has 1 aromatic heterocycles. The van der Waals surface area contributed by atoms with Crippen LogP contribution in [0.25, 0.3) is 11.0 Å². The molecule has 0 bridgehead atoms. The lowest BCUT2D eigenvalue weighted by Crippen LogP contribution is -2.41. The number of sulfonamides is 1. The maximum absolute atomic E-state index is 11.0. The van der Waals surface area contributed by atoms with Gasteiger partial charge in [-0.15, -0.1) is 0 Å². The molecule has 3 N–H and O–H groups in total. The van der Waals surface area contributed by atoms with Crippen LogP contribution in [0.1, 0.15) is 18.2 Å². The van der Waals surface area contributed by atoms with E-state index in [1.54, 1.807) is 0 Å². The van der Waals surface area contributed by atoms with Gasteiger partial charge in [-0.05, 0) is 19.9 Å². The van der Waals surface area contributed by atoms with Crippen LogP contribution in [-0.4, -0.2) is 40.3 Å². The first-order chi connectivity index (χ1) is 11.4. The van der Waals surface area contributed by atoms with Crippen LogP contribution in [0.4, 0.5) is 0 Å². The molecule has 0 radical (unpaired) electrons.